The van der Waals surface area contributed by atoms with Crippen molar-refractivity contribution in [3.05, 3.63) is 0 Å². The van der Waals surface area contributed by atoms with E-state index in [0.29, 0.717) is 19.4 Å². The molecule has 0 amide bonds. The summed E-state index contributed by atoms with van der Waals surface area (Å²) in [6, 6.07) is 0. The van der Waals surface area contributed by atoms with Gasteiger partial charge in [-0.25, -0.2) is 4.79 Å². The SMILES string of the molecule is O=C(O)C12CC(Cl)(CO1)C2. The average molecular weight is 163 g/mol. The summed E-state index contributed by atoms with van der Waals surface area (Å²) in [4.78, 5) is 10.2. The van der Waals surface area contributed by atoms with Crippen molar-refractivity contribution < 1.29 is 14.6 Å². The Balaban J connectivity index is 2.20. The van der Waals surface area contributed by atoms with E-state index in [2.05, 4.69) is 0 Å². The van der Waals surface area contributed by atoms with Crippen LogP contribution in [0.3, 0.4) is 0 Å². The topological polar surface area (TPSA) is 46.5 Å². The van der Waals surface area contributed by atoms with E-state index in [-0.39, 0.29) is 4.87 Å². The molecule has 2 saturated heterocycles. The van der Waals surface area contributed by atoms with Gasteiger partial charge < -0.3 is 9.84 Å². The second-order valence-electron chi connectivity index (χ2n) is 3.09. The van der Waals surface area contributed by atoms with Gasteiger partial charge in [-0.1, -0.05) is 0 Å². The minimum absolute atomic E-state index is 0.349. The number of carbonyl (C=O) groups is 1. The fourth-order valence-electron chi connectivity index (χ4n) is 1.66. The third kappa shape index (κ3) is 0.571. The number of hydrogen-bond donors (Lipinski definition) is 1. The Labute approximate surface area is 62.9 Å². The summed E-state index contributed by atoms with van der Waals surface area (Å²) in [6.07, 6.45) is 0.938. The molecule has 10 heavy (non-hydrogen) atoms. The van der Waals surface area contributed by atoms with Gasteiger partial charge in [-0.3, -0.25) is 0 Å². The van der Waals surface area contributed by atoms with Gasteiger partial charge in [0.05, 0.1) is 11.5 Å². The summed E-state index contributed by atoms with van der Waals surface area (Å²) in [5.41, 5.74) is -0.915. The fraction of sp³-hybridized carbons (Fsp3) is 0.833. The van der Waals surface area contributed by atoms with Crippen LogP contribution in [-0.4, -0.2) is 28.2 Å². The van der Waals surface area contributed by atoms with E-state index in [1.807, 2.05) is 0 Å². The first kappa shape index (κ1) is 6.43. The number of carboxylic acids is 1. The molecule has 0 aromatic heterocycles. The van der Waals surface area contributed by atoms with Crippen molar-refractivity contribution in [1.82, 2.24) is 0 Å². The number of ether oxygens (including phenoxy) is 1. The summed E-state index contributed by atoms with van der Waals surface area (Å²) in [5, 5.41) is 8.64. The van der Waals surface area contributed by atoms with Crippen LogP contribution in [0.2, 0.25) is 0 Å². The second kappa shape index (κ2) is 1.48. The molecule has 56 valence electrons. The van der Waals surface area contributed by atoms with Crippen LogP contribution >= 0.6 is 11.6 Å². The van der Waals surface area contributed by atoms with Crippen molar-refractivity contribution in [2.45, 2.75) is 23.3 Å². The molecule has 1 saturated carbocycles. The molecule has 3 aliphatic rings. The number of fused-ring (bicyclic) bond motifs is 1. The highest BCUT2D eigenvalue weighted by atomic mass is 35.5. The minimum Gasteiger partial charge on any atom is -0.479 e. The molecule has 0 spiro atoms. The first-order valence-electron chi connectivity index (χ1n) is 3.13. The molecule has 1 aliphatic carbocycles. The van der Waals surface area contributed by atoms with Gasteiger partial charge in [-0.15, -0.1) is 11.6 Å². The van der Waals surface area contributed by atoms with Crippen LogP contribution in [0.1, 0.15) is 12.8 Å². The zero-order valence-electron chi connectivity index (χ0n) is 5.26. The van der Waals surface area contributed by atoms with Crippen LogP contribution in [0.5, 0.6) is 0 Å². The Kier molecular flexibility index (Phi) is 0.954. The Hall–Kier alpha value is -0.280. The maximum Gasteiger partial charge on any atom is 0.336 e. The highest BCUT2D eigenvalue weighted by molar-refractivity contribution is 6.26. The Morgan fingerprint density at radius 2 is 2.20 bits per heavy atom. The van der Waals surface area contributed by atoms with Gasteiger partial charge in [0.15, 0.2) is 5.60 Å². The van der Waals surface area contributed by atoms with Gasteiger partial charge in [0, 0.05) is 12.8 Å². The smallest absolute Gasteiger partial charge is 0.336 e. The summed E-state index contributed by atoms with van der Waals surface area (Å²) in [5.74, 6) is -0.874. The molecule has 1 N–H and O–H groups in total. The molecule has 3 nitrogen and oxygen atoms in total. The van der Waals surface area contributed by atoms with Crippen LogP contribution < -0.4 is 0 Å². The van der Waals surface area contributed by atoms with E-state index >= 15 is 0 Å². The third-order valence-corrected chi connectivity index (χ3v) is 2.58. The second-order valence-corrected chi connectivity index (χ2v) is 3.89. The average Bonchev–Trinajstić information content (AvgIpc) is 2.19. The monoisotopic (exact) mass is 162 g/mol. The number of alkyl halides is 1. The van der Waals surface area contributed by atoms with Gasteiger partial charge >= 0.3 is 5.97 Å². The number of rotatable bonds is 1. The lowest BCUT2D eigenvalue weighted by Crippen LogP contribution is -2.51. The zero-order chi connectivity index (χ0) is 7.41. The lowest BCUT2D eigenvalue weighted by Gasteiger charge is -2.36. The Morgan fingerprint density at radius 3 is 2.40 bits per heavy atom. The van der Waals surface area contributed by atoms with Crippen molar-refractivity contribution in [1.29, 1.82) is 0 Å². The molecular formula is C6H7ClO3. The van der Waals surface area contributed by atoms with Crippen LogP contribution in [0.4, 0.5) is 0 Å². The minimum atomic E-state index is -0.915. The molecule has 0 aromatic carbocycles. The summed E-state index contributed by atoms with van der Waals surface area (Å²) < 4.78 is 5.05. The Morgan fingerprint density at radius 1 is 1.60 bits per heavy atom. The van der Waals surface area contributed by atoms with E-state index in [1.54, 1.807) is 0 Å². The first-order chi connectivity index (χ1) is 4.56. The molecule has 3 rings (SSSR count). The molecular weight excluding hydrogens is 156 g/mol. The molecule has 2 bridgehead atoms. The lowest BCUT2D eigenvalue weighted by atomic mass is 9.74. The maximum absolute atomic E-state index is 10.5. The quantitative estimate of drug-likeness (QED) is 0.575. The molecule has 2 heterocycles. The number of aliphatic carboxylic acids is 1. The van der Waals surface area contributed by atoms with Crippen molar-refractivity contribution in [2.75, 3.05) is 6.61 Å². The summed E-state index contributed by atoms with van der Waals surface area (Å²) in [6.45, 7) is 0.390. The molecule has 3 fully saturated rings. The highest BCUT2D eigenvalue weighted by Crippen LogP contribution is 2.55. The number of halogens is 1. The van der Waals surface area contributed by atoms with Crippen LogP contribution in [0.25, 0.3) is 0 Å². The predicted octanol–water partition coefficient (Wildman–Crippen LogP) is 0.611. The van der Waals surface area contributed by atoms with E-state index < -0.39 is 11.6 Å². The Bertz CT molecular complexity index is 195. The van der Waals surface area contributed by atoms with Crippen molar-refractivity contribution in [3.8, 4) is 0 Å². The first-order valence-corrected chi connectivity index (χ1v) is 3.51. The highest BCUT2D eigenvalue weighted by Gasteiger charge is 2.66. The molecule has 2 aliphatic heterocycles. The predicted molar refractivity (Wildman–Crippen MR) is 34.1 cm³/mol. The van der Waals surface area contributed by atoms with Crippen molar-refractivity contribution in [2.24, 2.45) is 0 Å². The molecule has 0 aromatic rings. The van der Waals surface area contributed by atoms with Crippen LogP contribution in [0, 0.1) is 0 Å². The van der Waals surface area contributed by atoms with Crippen LogP contribution in [0.15, 0.2) is 0 Å². The van der Waals surface area contributed by atoms with Crippen molar-refractivity contribution in [3.63, 3.8) is 0 Å². The van der Waals surface area contributed by atoms with Crippen molar-refractivity contribution >= 4 is 17.6 Å². The molecule has 0 unspecified atom stereocenters. The lowest BCUT2D eigenvalue weighted by molar-refractivity contribution is -0.161. The normalized spacial score (nSPS) is 50.5. The van der Waals surface area contributed by atoms with E-state index in [9.17, 15) is 4.79 Å². The van der Waals surface area contributed by atoms with E-state index in [0.717, 1.165) is 0 Å². The zero-order valence-corrected chi connectivity index (χ0v) is 6.02. The van der Waals surface area contributed by atoms with Gasteiger partial charge in [0.1, 0.15) is 0 Å². The van der Waals surface area contributed by atoms with Gasteiger partial charge in [0.25, 0.3) is 0 Å². The largest absolute Gasteiger partial charge is 0.479 e. The summed E-state index contributed by atoms with van der Waals surface area (Å²) in [7, 11) is 0. The summed E-state index contributed by atoms with van der Waals surface area (Å²) >= 11 is 5.88. The van der Waals surface area contributed by atoms with E-state index in [1.165, 1.54) is 0 Å². The molecule has 0 radical (unpaired) electrons. The fourth-order valence-corrected chi connectivity index (χ4v) is 2.14. The van der Waals surface area contributed by atoms with Crippen LogP contribution in [-0.2, 0) is 9.53 Å². The molecule has 4 heteroatoms. The maximum atomic E-state index is 10.5. The van der Waals surface area contributed by atoms with Gasteiger partial charge in [-0.05, 0) is 0 Å². The third-order valence-electron chi connectivity index (χ3n) is 2.20. The molecule has 0 atom stereocenters. The number of carboxylic acid groups (broad SMARTS) is 1. The van der Waals surface area contributed by atoms with Gasteiger partial charge in [-0.2, -0.15) is 0 Å². The standard InChI is InChI=1S/C6H7ClO3/c7-5-1-6(2-5,4(8)9)10-3-5/h1-3H2,(H,8,9). The van der Waals surface area contributed by atoms with E-state index in [4.69, 9.17) is 21.4 Å². The number of hydrogen-bond acceptors (Lipinski definition) is 2. The van der Waals surface area contributed by atoms with Gasteiger partial charge in [0.2, 0.25) is 0 Å².